The lowest BCUT2D eigenvalue weighted by molar-refractivity contribution is 0.0836. The minimum absolute atomic E-state index is 0.0400. The summed E-state index contributed by atoms with van der Waals surface area (Å²) in [6.07, 6.45) is 17.9. The first-order valence-electron chi connectivity index (χ1n) is 19.3. The van der Waals surface area contributed by atoms with Gasteiger partial charge in [0.1, 0.15) is 0 Å². The fraction of sp³-hybridized carbons (Fsp3) is 0.319. The molecule has 0 spiro atoms. The summed E-state index contributed by atoms with van der Waals surface area (Å²) in [4.78, 5) is 8.07. The van der Waals surface area contributed by atoms with Crippen LogP contribution in [0.25, 0.3) is 0 Å². The third-order valence-corrected chi connectivity index (χ3v) is 13.7. The van der Waals surface area contributed by atoms with Crippen molar-refractivity contribution in [3.8, 4) is 0 Å². The lowest BCUT2D eigenvalue weighted by Crippen LogP contribution is -2.60. The first-order valence-corrected chi connectivity index (χ1v) is 19.3. The molecule has 4 heteroatoms. The number of fused-ring (bicyclic) bond motifs is 7. The number of hydrogen-bond acceptors (Lipinski definition) is 3. The number of hydrogen-bond donors (Lipinski definition) is 0. The molecule has 3 heterocycles. The Bertz CT molecular complexity index is 2230. The van der Waals surface area contributed by atoms with Crippen LogP contribution >= 0.6 is 0 Å². The Kier molecular flexibility index (Phi) is 6.79. The minimum atomic E-state index is 0.0400. The Morgan fingerprint density at radius 2 is 1.55 bits per heavy atom. The van der Waals surface area contributed by atoms with Crippen molar-refractivity contribution in [2.45, 2.75) is 85.1 Å². The van der Waals surface area contributed by atoms with Gasteiger partial charge in [-0.3, -0.25) is 0 Å². The van der Waals surface area contributed by atoms with Crippen molar-refractivity contribution < 1.29 is 0 Å². The van der Waals surface area contributed by atoms with E-state index in [1.54, 1.807) is 16.7 Å². The number of allylic oxidation sites excluding steroid dienone is 8. The molecule has 4 aromatic rings. The van der Waals surface area contributed by atoms with Gasteiger partial charge in [-0.1, -0.05) is 97.2 Å². The average molecular weight is 666 g/mol. The standard InChI is InChI=1S/C47H48BN3/c1-31-18-21-36(22-19-31)50-41-23-20-32(2)27-39(41)48-40-28-33(3)26-38-45(40)51(47(5)25-13-12-24-46(38,47)4)43-30-37(29-42(50)44(43)48)49(34-14-8-6-9-15-34)35-16-10-7-11-17-35/h6-10,14-16,18-23,27-30,38H,11-13,17,24-26H2,1-5H3. The van der Waals surface area contributed by atoms with Crippen LogP contribution in [-0.4, -0.2) is 12.3 Å². The fourth-order valence-corrected chi connectivity index (χ4v) is 11.1. The monoisotopic (exact) mass is 665 g/mol. The van der Waals surface area contributed by atoms with E-state index in [0.717, 1.165) is 12.8 Å². The van der Waals surface area contributed by atoms with Gasteiger partial charge in [0, 0.05) is 57.0 Å². The molecule has 4 aromatic carbocycles. The summed E-state index contributed by atoms with van der Waals surface area (Å²) >= 11 is 0. The van der Waals surface area contributed by atoms with Crippen molar-refractivity contribution in [2.24, 2.45) is 11.3 Å². The maximum Gasteiger partial charge on any atom is 0.251 e. The highest BCUT2D eigenvalue weighted by molar-refractivity contribution is 6.95. The molecule has 1 saturated carbocycles. The van der Waals surface area contributed by atoms with Crippen molar-refractivity contribution in [3.63, 3.8) is 0 Å². The second kappa shape index (κ2) is 11.2. The molecule has 3 nitrogen and oxygen atoms in total. The highest BCUT2D eigenvalue weighted by atomic mass is 15.3. The molecule has 254 valence electrons. The zero-order valence-electron chi connectivity index (χ0n) is 30.8. The van der Waals surface area contributed by atoms with Crippen LogP contribution in [0.2, 0.25) is 0 Å². The van der Waals surface area contributed by atoms with Gasteiger partial charge in [-0.25, -0.2) is 0 Å². The summed E-state index contributed by atoms with van der Waals surface area (Å²) in [5, 5.41) is 0. The summed E-state index contributed by atoms with van der Waals surface area (Å²) in [6.45, 7) is 12.3. The summed E-state index contributed by atoms with van der Waals surface area (Å²) in [7, 11) is 0. The minimum Gasteiger partial charge on any atom is -0.339 e. The molecular formula is C47H48BN3. The molecular weight excluding hydrogens is 617 g/mol. The topological polar surface area (TPSA) is 9.72 Å². The van der Waals surface area contributed by atoms with E-state index >= 15 is 0 Å². The molecule has 3 unspecified atom stereocenters. The molecule has 2 fully saturated rings. The van der Waals surface area contributed by atoms with E-state index in [-0.39, 0.29) is 17.7 Å². The fourth-order valence-electron chi connectivity index (χ4n) is 11.1. The first-order chi connectivity index (χ1) is 24.8. The van der Waals surface area contributed by atoms with Gasteiger partial charge in [0.15, 0.2) is 0 Å². The van der Waals surface area contributed by atoms with Gasteiger partial charge >= 0.3 is 0 Å². The van der Waals surface area contributed by atoms with Gasteiger partial charge in [0.05, 0.1) is 0 Å². The van der Waals surface area contributed by atoms with Crippen LogP contribution in [0, 0.1) is 25.2 Å². The lowest BCUT2D eigenvalue weighted by Gasteiger charge is -2.52. The Labute approximate surface area is 304 Å². The molecule has 0 amide bonds. The smallest absolute Gasteiger partial charge is 0.251 e. The third kappa shape index (κ3) is 4.32. The molecule has 0 bridgehead atoms. The molecule has 51 heavy (non-hydrogen) atoms. The van der Waals surface area contributed by atoms with Gasteiger partial charge in [-0.2, -0.15) is 0 Å². The molecule has 0 radical (unpaired) electrons. The van der Waals surface area contributed by atoms with E-state index in [1.165, 1.54) is 94.0 Å². The molecule has 3 aliphatic heterocycles. The van der Waals surface area contributed by atoms with Crippen molar-refractivity contribution in [1.29, 1.82) is 0 Å². The number of para-hydroxylation sites is 1. The van der Waals surface area contributed by atoms with Crippen molar-refractivity contribution >= 4 is 51.8 Å². The van der Waals surface area contributed by atoms with Crippen molar-refractivity contribution in [2.75, 3.05) is 14.7 Å². The second-order valence-corrected chi connectivity index (χ2v) is 16.7. The zero-order valence-corrected chi connectivity index (χ0v) is 30.8. The van der Waals surface area contributed by atoms with Crippen LogP contribution in [0.3, 0.4) is 0 Å². The normalized spacial score (nSPS) is 25.5. The number of nitrogens with zero attached hydrogens (tertiary/aromatic N) is 3. The van der Waals surface area contributed by atoms with Crippen molar-refractivity contribution in [3.05, 3.63) is 143 Å². The molecule has 6 aliphatic rings. The maximum atomic E-state index is 2.93. The van der Waals surface area contributed by atoms with E-state index < -0.39 is 0 Å². The van der Waals surface area contributed by atoms with Gasteiger partial charge in [-0.15, -0.1) is 0 Å². The summed E-state index contributed by atoms with van der Waals surface area (Å²) in [5.74, 6) is 0.530. The van der Waals surface area contributed by atoms with E-state index in [4.69, 9.17) is 0 Å². The lowest BCUT2D eigenvalue weighted by atomic mass is 9.32. The van der Waals surface area contributed by atoms with Gasteiger partial charge in [0.2, 0.25) is 0 Å². The Morgan fingerprint density at radius 1 is 0.784 bits per heavy atom. The molecule has 10 rings (SSSR count). The molecule has 0 N–H and O–H groups in total. The number of aryl methyl sites for hydroxylation is 2. The first kappa shape index (κ1) is 31.1. The third-order valence-electron chi connectivity index (χ3n) is 13.7. The van der Waals surface area contributed by atoms with E-state index in [1.807, 2.05) is 0 Å². The van der Waals surface area contributed by atoms with Crippen LogP contribution in [-0.2, 0) is 0 Å². The van der Waals surface area contributed by atoms with Crippen LogP contribution in [0.4, 0.5) is 34.1 Å². The summed E-state index contributed by atoms with van der Waals surface area (Å²) < 4.78 is 0. The van der Waals surface area contributed by atoms with Gasteiger partial charge < -0.3 is 14.7 Å². The van der Waals surface area contributed by atoms with Gasteiger partial charge in [-0.05, 0) is 130 Å². The van der Waals surface area contributed by atoms with E-state index in [9.17, 15) is 0 Å². The quantitative estimate of drug-likeness (QED) is 0.201. The predicted octanol–water partition coefficient (Wildman–Crippen LogP) is 11.0. The van der Waals surface area contributed by atoms with Gasteiger partial charge in [0.25, 0.3) is 6.71 Å². The van der Waals surface area contributed by atoms with E-state index in [0.29, 0.717) is 5.92 Å². The van der Waals surface area contributed by atoms with Crippen LogP contribution in [0.1, 0.15) is 76.8 Å². The largest absolute Gasteiger partial charge is 0.339 e. The number of benzene rings is 4. The molecule has 3 atom stereocenters. The molecule has 0 aromatic heterocycles. The highest BCUT2D eigenvalue weighted by Crippen LogP contribution is 2.66. The molecule has 3 aliphatic carbocycles. The molecule has 1 saturated heterocycles. The van der Waals surface area contributed by atoms with Crippen LogP contribution in [0.5, 0.6) is 0 Å². The Hall–Kier alpha value is -4.70. The van der Waals surface area contributed by atoms with Crippen LogP contribution in [0.15, 0.2) is 132 Å². The number of anilines is 6. The predicted molar refractivity (Wildman–Crippen MR) is 217 cm³/mol. The second-order valence-electron chi connectivity index (χ2n) is 16.7. The van der Waals surface area contributed by atoms with Crippen LogP contribution < -0.4 is 25.6 Å². The SMILES string of the molecule is CC1=CC2=C3C(C1)C1(C)CCCCC1(C)N3c1cc(N(C3=CC=CCC3)c3ccccc3)cc3c1B2c1cc(C)ccc1N3c1ccc(C)cc1. The van der Waals surface area contributed by atoms with E-state index in [2.05, 4.69) is 159 Å². The Morgan fingerprint density at radius 3 is 2.33 bits per heavy atom. The Balaban J connectivity index is 1.33. The summed E-state index contributed by atoms with van der Waals surface area (Å²) in [5.41, 5.74) is 19.6. The summed E-state index contributed by atoms with van der Waals surface area (Å²) in [6, 6.07) is 32.6. The average Bonchev–Trinajstić information content (AvgIpc) is 3.35. The zero-order chi connectivity index (χ0) is 34.6. The maximum absolute atomic E-state index is 2.93. The highest BCUT2D eigenvalue weighted by Gasteiger charge is 2.65. The van der Waals surface area contributed by atoms with Crippen molar-refractivity contribution in [1.82, 2.24) is 0 Å². The number of rotatable bonds is 4.